The van der Waals surface area contributed by atoms with Crippen LogP contribution in [0.4, 0.5) is 4.79 Å². The summed E-state index contributed by atoms with van der Waals surface area (Å²) in [7, 11) is 0. The average molecular weight is 288 g/mol. The first-order valence-corrected chi connectivity index (χ1v) is 7.84. The molecular formula is C13H24N2O3S. The van der Waals surface area contributed by atoms with Crippen LogP contribution >= 0.6 is 11.8 Å². The van der Waals surface area contributed by atoms with Crippen molar-refractivity contribution in [3.05, 3.63) is 0 Å². The van der Waals surface area contributed by atoms with Gasteiger partial charge in [-0.2, -0.15) is 11.8 Å². The van der Waals surface area contributed by atoms with E-state index >= 15 is 0 Å². The molecule has 1 aliphatic rings. The van der Waals surface area contributed by atoms with Gasteiger partial charge >= 0.3 is 12.0 Å². The molecule has 0 aromatic heterocycles. The molecule has 0 aromatic rings. The second-order valence-corrected chi connectivity index (χ2v) is 7.03. The molecule has 1 fully saturated rings. The zero-order valence-electron chi connectivity index (χ0n) is 11.9. The van der Waals surface area contributed by atoms with E-state index in [4.69, 9.17) is 5.11 Å². The van der Waals surface area contributed by atoms with Crippen molar-refractivity contribution >= 4 is 23.8 Å². The van der Waals surface area contributed by atoms with Crippen molar-refractivity contribution in [2.75, 3.05) is 18.1 Å². The van der Waals surface area contributed by atoms with Gasteiger partial charge in [0.05, 0.1) is 6.42 Å². The monoisotopic (exact) mass is 288 g/mol. The van der Waals surface area contributed by atoms with Crippen LogP contribution in [-0.4, -0.2) is 51.6 Å². The molecule has 1 heterocycles. The Morgan fingerprint density at radius 1 is 1.32 bits per heavy atom. The molecule has 6 heteroatoms. The summed E-state index contributed by atoms with van der Waals surface area (Å²) in [6, 6.07) is 0.0779. The van der Waals surface area contributed by atoms with Gasteiger partial charge in [0.1, 0.15) is 0 Å². The number of hydrogen-bond donors (Lipinski definition) is 2. The van der Waals surface area contributed by atoms with E-state index in [1.165, 1.54) is 0 Å². The third kappa shape index (κ3) is 5.72. The molecule has 0 spiro atoms. The maximum Gasteiger partial charge on any atom is 0.318 e. The highest BCUT2D eigenvalue weighted by Crippen LogP contribution is 2.19. The molecule has 2 N–H and O–H groups in total. The van der Waals surface area contributed by atoms with E-state index in [2.05, 4.69) is 5.32 Å². The van der Waals surface area contributed by atoms with Gasteiger partial charge in [0.2, 0.25) is 0 Å². The molecule has 1 aliphatic heterocycles. The van der Waals surface area contributed by atoms with Crippen molar-refractivity contribution in [1.82, 2.24) is 10.2 Å². The largest absolute Gasteiger partial charge is 0.481 e. The van der Waals surface area contributed by atoms with Gasteiger partial charge in [-0.1, -0.05) is 0 Å². The van der Waals surface area contributed by atoms with Crippen LogP contribution < -0.4 is 5.32 Å². The Balaban J connectivity index is 2.57. The van der Waals surface area contributed by atoms with Gasteiger partial charge in [-0.3, -0.25) is 4.79 Å². The second kappa shape index (κ2) is 7.03. The van der Waals surface area contributed by atoms with Crippen LogP contribution in [0.25, 0.3) is 0 Å². The molecular weight excluding hydrogens is 264 g/mol. The molecule has 0 unspecified atom stereocenters. The van der Waals surface area contributed by atoms with E-state index < -0.39 is 5.97 Å². The van der Waals surface area contributed by atoms with Crippen LogP contribution in [0.1, 0.15) is 40.0 Å². The number of thioether (sulfide) groups is 1. The van der Waals surface area contributed by atoms with Crippen LogP contribution in [0.3, 0.4) is 0 Å². The Hall–Kier alpha value is -0.910. The number of carbonyl (C=O) groups is 2. The van der Waals surface area contributed by atoms with E-state index in [9.17, 15) is 9.59 Å². The fraction of sp³-hybridized carbons (Fsp3) is 0.846. The lowest BCUT2D eigenvalue weighted by Gasteiger charge is -2.37. The van der Waals surface area contributed by atoms with Gasteiger partial charge in [0.25, 0.3) is 0 Å². The molecule has 0 aromatic carbocycles. The molecule has 5 nitrogen and oxygen atoms in total. The average Bonchev–Trinajstić information content (AvgIpc) is 2.28. The number of hydrogen-bond acceptors (Lipinski definition) is 3. The highest BCUT2D eigenvalue weighted by Gasteiger charge is 2.28. The van der Waals surface area contributed by atoms with Gasteiger partial charge in [0.15, 0.2) is 0 Å². The quantitative estimate of drug-likeness (QED) is 0.832. The lowest BCUT2D eigenvalue weighted by molar-refractivity contribution is -0.137. The van der Waals surface area contributed by atoms with E-state index in [1.807, 2.05) is 32.5 Å². The topological polar surface area (TPSA) is 69.6 Å². The molecule has 0 bridgehead atoms. The SMILES string of the molecule is CC(C)(C)N(CCC(=O)O)C(=O)NC1CCSCC1. The lowest BCUT2D eigenvalue weighted by atomic mass is 10.1. The first-order chi connectivity index (χ1) is 8.80. The summed E-state index contributed by atoms with van der Waals surface area (Å²) in [4.78, 5) is 24.6. The Labute approximate surface area is 119 Å². The van der Waals surface area contributed by atoms with Crippen molar-refractivity contribution in [3.8, 4) is 0 Å². The molecule has 0 aliphatic carbocycles. The molecule has 19 heavy (non-hydrogen) atoms. The van der Waals surface area contributed by atoms with Crippen molar-refractivity contribution < 1.29 is 14.7 Å². The van der Waals surface area contributed by atoms with Gasteiger partial charge in [-0.05, 0) is 45.1 Å². The van der Waals surface area contributed by atoms with Crippen molar-refractivity contribution in [2.45, 2.75) is 51.6 Å². The first-order valence-electron chi connectivity index (χ1n) is 6.68. The summed E-state index contributed by atoms with van der Waals surface area (Å²) in [5, 5.41) is 11.8. The number of nitrogens with one attached hydrogen (secondary N) is 1. The number of rotatable bonds is 4. The highest BCUT2D eigenvalue weighted by molar-refractivity contribution is 7.99. The summed E-state index contributed by atoms with van der Waals surface area (Å²) < 4.78 is 0. The third-order valence-electron chi connectivity index (χ3n) is 3.15. The van der Waals surface area contributed by atoms with E-state index in [0.717, 1.165) is 24.3 Å². The summed E-state index contributed by atoms with van der Waals surface area (Å²) in [5.41, 5.74) is -0.372. The Morgan fingerprint density at radius 2 is 1.89 bits per heavy atom. The number of urea groups is 1. The standard InChI is InChI=1S/C13H24N2O3S/c1-13(2,3)15(7-4-11(16)17)12(18)14-10-5-8-19-9-6-10/h10H,4-9H2,1-3H3,(H,14,18)(H,16,17). The molecule has 0 saturated carbocycles. The normalized spacial score (nSPS) is 17.0. The summed E-state index contributed by atoms with van der Waals surface area (Å²) in [5.74, 6) is 1.28. The highest BCUT2D eigenvalue weighted by atomic mass is 32.2. The number of carboxylic acid groups (broad SMARTS) is 1. The van der Waals surface area contributed by atoms with Crippen molar-refractivity contribution in [2.24, 2.45) is 0 Å². The Kier molecular flexibility index (Phi) is 5.97. The molecule has 2 amide bonds. The van der Waals surface area contributed by atoms with E-state index in [0.29, 0.717) is 0 Å². The van der Waals surface area contributed by atoms with Crippen LogP contribution in [-0.2, 0) is 4.79 Å². The maximum atomic E-state index is 12.3. The number of aliphatic carboxylic acids is 1. The number of nitrogens with zero attached hydrogens (tertiary/aromatic N) is 1. The molecule has 1 saturated heterocycles. The van der Waals surface area contributed by atoms with Gasteiger partial charge < -0.3 is 15.3 Å². The van der Waals surface area contributed by atoms with Gasteiger partial charge in [-0.15, -0.1) is 0 Å². The fourth-order valence-corrected chi connectivity index (χ4v) is 3.15. The van der Waals surface area contributed by atoms with E-state index in [-0.39, 0.29) is 30.6 Å². The van der Waals surface area contributed by atoms with Crippen LogP contribution in [0.15, 0.2) is 0 Å². The predicted molar refractivity (Wildman–Crippen MR) is 77.6 cm³/mol. The molecule has 110 valence electrons. The number of amides is 2. The van der Waals surface area contributed by atoms with E-state index in [1.54, 1.807) is 4.90 Å². The van der Waals surface area contributed by atoms with Crippen LogP contribution in [0, 0.1) is 0 Å². The second-order valence-electron chi connectivity index (χ2n) is 5.80. The summed E-state index contributed by atoms with van der Waals surface area (Å²) in [6.45, 7) is 6.01. The zero-order chi connectivity index (χ0) is 14.5. The fourth-order valence-electron chi connectivity index (χ4n) is 2.04. The predicted octanol–water partition coefficient (Wildman–Crippen LogP) is 2.17. The Bertz CT molecular complexity index is 322. The number of carboxylic acids is 1. The Morgan fingerprint density at radius 3 is 2.37 bits per heavy atom. The smallest absolute Gasteiger partial charge is 0.318 e. The first kappa shape index (κ1) is 16.1. The van der Waals surface area contributed by atoms with Crippen molar-refractivity contribution in [1.29, 1.82) is 0 Å². The molecule has 1 rings (SSSR count). The minimum atomic E-state index is -0.879. The zero-order valence-corrected chi connectivity index (χ0v) is 12.8. The van der Waals surface area contributed by atoms with Crippen molar-refractivity contribution in [3.63, 3.8) is 0 Å². The molecule has 0 radical (unpaired) electrons. The lowest BCUT2D eigenvalue weighted by Crippen LogP contribution is -2.53. The third-order valence-corrected chi connectivity index (χ3v) is 4.20. The minimum absolute atomic E-state index is 0.0226. The van der Waals surface area contributed by atoms with Gasteiger partial charge in [0, 0.05) is 18.1 Å². The van der Waals surface area contributed by atoms with Crippen LogP contribution in [0.5, 0.6) is 0 Å². The number of carbonyl (C=O) groups excluding carboxylic acids is 1. The van der Waals surface area contributed by atoms with Gasteiger partial charge in [-0.25, -0.2) is 4.79 Å². The maximum absolute atomic E-state index is 12.3. The minimum Gasteiger partial charge on any atom is -0.481 e. The van der Waals surface area contributed by atoms with Crippen LogP contribution in [0.2, 0.25) is 0 Å². The summed E-state index contributed by atoms with van der Waals surface area (Å²) in [6.07, 6.45) is 1.96. The summed E-state index contributed by atoms with van der Waals surface area (Å²) >= 11 is 1.91. The molecule has 0 atom stereocenters.